The Morgan fingerprint density at radius 3 is 3.00 bits per heavy atom. The molecule has 74 valence electrons. The fourth-order valence-electron chi connectivity index (χ4n) is 2.00. The van der Waals surface area contributed by atoms with Crippen molar-refractivity contribution in [2.24, 2.45) is 5.92 Å². The van der Waals surface area contributed by atoms with Gasteiger partial charge in [-0.2, -0.15) is 0 Å². The van der Waals surface area contributed by atoms with Crippen LogP contribution >= 0.6 is 0 Å². The van der Waals surface area contributed by atoms with Crippen molar-refractivity contribution in [3.63, 3.8) is 0 Å². The van der Waals surface area contributed by atoms with E-state index in [1.54, 1.807) is 12.5 Å². The van der Waals surface area contributed by atoms with Crippen LogP contribution in [0.4, 0.5) is 0 Å². The Hall–Kier alpha value is -0.590. The van der Waals surface area contributed by atoms with Crippen LogP contribution in [0, 0.1) is 5.92 Å². The molecule has 1 nitrogen and oxygen atoms in total. The molecule has 0 amide bonds. The molecule has 0 aromatic heterocycles. The molecule has 0 heterocycles. The van der Waals surface area contributed by atoms with Gasteiger partial charge in [0.2, 0.25) is 0 Å². The van der Waals surface area contributed by atoms with E-state index >= 15 is 0 Å². The van der Waals surface area contributed by atoms with Gasteiger partial charge < -0.3 is 4.79 Å². The Morgan fingerprint density at radius 1 is 1.62 bits per heavy atom. The standard InChI is InChI=1S/C12H20O/c1-3-11-5-4-6-12(9-11)8-7-10(2)13/h9,12H,3-8H2,1-2H3/t12-/m0/s1. The highest BCUT2D eigenvalue weighted by atomic mass is 16.1. The van der Waals surface area contributed by atoms with E-state index < -0.39 is 0 Å². The molecule has 0 fully saturated rings. The Bertz CT molecular complexity index is 203. The van der Waals surface area contributed by atoms with E-state index in [2.05, 4.69) is 13.0 Å². The summed E-state index contributed by atoms with van der Waals surface area (Å²) in [6.07, 6.45) is 9.33. The minimum Gasteiger partial charge on any atom is -0.300 e. The molecule has 0 saturated heterocycles. The van der Waals surface area contributed by atoms with Gasteiger partial charge in [0.25, 0.3) is 0 Å². The van der Waals surface area contributed by atoms with Gasteiger partial charge in [-0.25, -0.2) is 0 Å². The number of carbonyl (C=O) groups excluding carboxylic acids is 1. The molecule has 1 aliphatic carbocycles. The van der Waals surface area contributed by atoms with E-state index in [9.17, 15) is 4.79 Å². The van der Waals surface area contributed by atoms with Crippen molar-refractivity contribution in [3.05, 3.63) is 11.6 Å². The van der Waals surface area contributed by atoms with Crippen molar-refractivity contribution in [1.82, 2.24) is 0 Å². The molecule has 0 radical (unpaired) electrons. The third-order valence-corrected chi connectivity index (χ3v) is 2.87. The monoisotopic (exact) mass is 180 g/mol. The Morgan fingerprint density at radius 2 is 2.38 bits per heavy atom. The van der Waals surface area contributed by atoms with Crippen molar-refractivity contribution < 1.29 is 4.79 Å². The zero-order chi connectivity index (χ0) is 9.68. The maximum Gasteiger partial charge on any atom is 0.129 e. The summed E-state index contributed by atoms with van der Waals surface area (Å²) in [6.45, 7) is 3.91. The average Bonchev–Trinajstić information content (AvgIpc) is 2.15. The van der Waals surface area contributed by atoms with Crippen LogP contribution in [-0.4, -0.2) is 5.78 Å². The van der Waals surface area contributed by atoms with Gasteiger partial charge >= 0.3 is 0 Å². The average molecular weight is 180 g/mol. The predicted octanol–water partition coefficient (Wildman–Crippen LogP) is 3.49. The second-order valence-corrected chi connectivity index (χ2v) is 4.07. The molecule has 1 atom stereocenters. The number of carbonyl (C=O) groups is 1. The fraction of sp³-hybridized carbons (Fsp3) is 0.750. The summed E-state index contributed by atoms with van der Waals surface area (Å²) in [5.41, 5.74) is 1.60. The lowest BCUT2D eigenvalue weighted by Gasteiger charge is -2.19. The Balaban J connectivity index is 2.37. The summed E-state index contributed by atoms with van der Waals surface area (Å²) in [7, 11) is 0. The molecule has 0 aliphatic heterocycles. The number of hydrogen-bond donors (Lipinski definition) is 0. The first kappa shape index (κ1) is 10.5. The van der Waals surface area contributed by atoms with Crippen LogP contribution < -0.4 is 0 Å². The first-order chi connectivity index (χ1) is 6.22. The van der Waals surface area contributed by atoms with Gasteiger partial charge in [0.1, 0.15) is 5.78 Å². The molecule has 0 spiro atoms. The van der Waals surface area contributed by atoms with Gasteiger partial charge in [0.05, 0.1) is 0 Å². The number of Topliss-reactive ketones (excluding diaryl/α,β-unsaturated/α-hetero) is 1. The number of allylic oxidation sites excluding steroid dienone is 2. The van der Waals surface area contributed by atoms with Crippen molar-refractivity contribution in [1.29, 1.82) is 0 Å². The quantitative estimate of drug-likeness (QED) is 0.605. The van der Waals surface area contributed by atoms with E-state index in [0.717, 1.165) is 12.8 Å². The first-order valence-corrected chi connectivity index (χ1v) is 5.41. The van der Waals surface area contributed by atoms with E-state index in [1.807, 2.05) is 0 Å². The summed E-state index contributed by atoms with van der Waals surface area (Å²) < 4.78 is 0. The van der Waals surface area contributed by atoms with Crippen LogP contribution in [0.25, 0.3) is 0 Å². The molecular formula is C12H20O. The molecule has 0 aromatic rings. The van der Waals surface area contributed by atoms with E-state index in [4.69, 9.17) is 0 Å². The van der Waals surface area contributed by atoms with Crippen LogP contribution in [0.1, 0.15) is 52.4 Å². The zero-order valence-corrected chi connectivity index (χ0v) is 8.81. The highest BCUT2D eigenvalue weighted by Crippen LogP contribution is 2.27. The lowest BCUT2D eigenvalue weighted by atomic mass is 9.86. The minimum absolute atomic E-state index is 0.331. The molecule has 1 rings (SSSR count). The van der Waals surface area contributed by atoms with Gasteiger partial charge in [0, 0.05) is 6.42 Å². The maximum absolute atomic E-state index is 10.8. The maximum atomic E-state index is 10.8. The summed E-state index contributed by atoms with van der Waals surface area (Å²) in [5, 5.41) is 0. The SMILES string of the molecule is CCC1=C[C@H](CCC(C)=O)CCC1. The van der Waals surface area contributed by atoms with Crippen LogP contribution in [0.2, 0.25) is 0 Å². The summed E-state index contributed by atoms with van der Waals surface area (Å²) in [6, 6.07) is 0. The van der Waals surface area contributed by atoms with Crippen LogP contribution in [-0.2, 0) is 4.79 Å². The lowest BCUT2D eigenvalue weighted by molar-refractivity contribution is -0.117. The molecular weight excluding hydrogens is 160 g/mol. The molecule has 0 aromatic carbocycles. The van der Waals surface area contributed by atoms with E-state index in [1.165, 1.54) is 25.7 Å². The normalized spacial score (nSPS) is 22.6. The number of rotatable bonds is 4. The van der Waals surface area contributed by atoms with Crippen molar-refractivity contribution in [3.8, 4) is 0 Å². The third-order valence-electron chi connectivity index (χ3n) is 2.87. The molecule has 1 aliphatic rings. The largest absolute Gasteiger partial charge is 0.300 e. The summed E-state index contributed by atoms with van der Waals surface area (Å²) >= 11 is 0. The van der Waals surface area contributed by atoms with Gasteiger partial charge in [-0.3, -0.25) is 0 Å². The van der Waals surface area contributed by atoms with Gasteiger partial charge in [-0.1, -0.05) is 18.6 Å². The number of hydrogen-bond acceptors (Lipinski definition) is 1. The van der Waals surface area contributed by atoms with Crippen LogP contribution in [0.5, 0.6) is 0 Å². The first-order valence-electron chi connectivity index (χ1n) is 5.41. The molecule has 0 N–H and O–H groups in total. The highest BCUT2D eigenvalue weighted by Gasteiger charge is 2.12. The number of ketones is 1. The molecule has 13 heavy (non-hydrogen) atoms. The van der Waals surface area contributed by atoms with Crippen molar-refractivity contribution in [2.45, 2.75) is 52.4 Å². The zero-order valence-electron chi connectivity index (χ0n) is 8.81. The van der Waals surface area contributed by atoms with Crippen molar-refractivity contribution in [2.75, 3.05) is 0 Å². The predicted molar refractivity (Wildman–Crippen MR) is 55.6 cm³/mol. The highest BCUT2D eigenvalue weighted by molar-refractivity contribution is 5.75. The second-order valence-electron chi connectivity index (χ2n) is 4.07. The summed E-state index contributed by atoms with van der Waals surface area (Å²) in [5.74, 6) is 1.02. The third kappa shape index (κ3) is 3.75. The van der Waals surface area contributed by atoms with Crippen LogP contribution in [0.15, 0.2) is 11.6 Å². The topological polar surface area (TPSA) is 17.1 Å². The summed E-state index contributed by atoms with van der Waals surface area (Å²) in [4.78, 5) is 10.8. The Kier molecular flexibility index (Phi) is 4.20. The van der Waals surface area contributed by atoms with Gasteiger partial charge in [-0.15, -0.1) is 0 Å². The molecule has 0 bridgehead atoms. The van der Waals surface area contributed by atoms with E-state index in [-0.39, 0.29) is 0 Å². The molecule has 0 unspecified atom stereocenters. The lowest BCUT2D eigenvalue weighted by Crippen LogP contribution is -2.06. The van der Waals surface area contributed by atoms with Gasteiger partial charge in [-0.05, 0) is 44.9 Å². The fourth-order valence-corrected chi connectivity index (χ4v) is 2.00. The molecule has 1 heteroatoms. The minimum atomic E-state index is 0.331. The van der Waals surface area contributed by atoms with Crippen molar-refractivity contribution >= 4 is 5.78 Å². The van der Waals surface area contributed by atoms with Gasteiger partial charge in [0.15, 0.2) is 0 Å². The van der Waals surface area contributed by atoms with E-state index in [0.29, 0.717) is 11.7 Å². The van der Waals surface area contributed by atoms with Crippen LogP contribution in [0.3, 0.4) is 0 Å². The smallest absolute Gasteiger partial charge is 0.129 e. The Labute approximate surface area is 81.2 Å². The second kappa shape index (κ2) is 5.21. The molecule has 0 saturated carbocycles.